The van der Waals surface area contributed by atoms with Gasteiger partial charge in [0, 0.05) is 123 Å². The molecular weight excluding hydrogens is 1950 g/mol. The van der Waals surface area contributed by atoms with Crippen LogP contribution in [0, 0.1) is 71.0 Å². The van der Waals surface area contributed by atoms with Crippen molar-refractivity contribution in [3.05, 3.63) is 95.2 Å². The predicted molar refractivity (Wildman–Crippen MR) is 556 cm³/mol. The van der Waals surface area contributed by atoms with Gasteiger partial charge in [0.1, 0.15) is 60.3 Å². The number of piperidine rings is 2. The van der Waals surface area contributed by atoms with Crippen molar-refractivity contribution in [2.45, 2.75) is 373 Å². The van der Waals surface area contributed by atoms with Crippen molar-refractivity contribution < 1.29 is 148 Å². The summed E-state index contributed by atoms with van der Waals surface area (Å²) in [6, 6.07) is -3.02. The number of Topliss-reactive ketones (excluding diaryl/α,β-unsaturated/α-hetero) is 6. The third kappa shape index (κ3) is 35.5. The Labute approximate surface area is 878 Å². The van der Waals surface area contributed by atoms with Crippen molar-refractivity contribution in [1.82, 2.24) is 18.8 Å². The summed E-state index contributed by atoms with van der Waals surface area (Å²) in [5.41, 5.74) is 2.34. The Bertz CT molecular complexity index is 4850. The summed E-state index contributed by atoms with van der Waals surface area (Å²) in [7, 11) is 1.14. The standard InChI is InChI=1S/C55H86N2O15S.C53H83NO14.C3H7NO2S/c1-34-16-11-10-12-17-35(2)44(57-24-15-27-73(57,66)67)32-42-21-19-40(7)55(65,72-42)52(62)53(63)56-23-14-13-18-43(56)54(64)71-47(37(4)30-41-20-22-46(70-26-25-58)48(31-41)68-8)33-45(59)36(3)29-39(6)50(61)51(69-9)49(60)38(5)28-34;1-32-16-12-11-13-17-33(2)44(63-8)30-40-21-19-38(7)53(62,68-40)50(59)51(60)54-23-15-14-18-41(54)52(61)67-45(35(4)28-39-20-22-43(66-25-24-55)46(29-39)64-9)31-42(56)34(3)27-37(6)48(58)49(65-10)47(57)36(5)26-32;5-7(6)3-1-2-4-7/h10-12,16-17,29,34,36-38,40-44,46-48,50-51,58,61,65H,13-15,18-28,30-33H2,1-9H3;11-13,16-17,27,32,34-36,38-41,43-46,48-49,55,58,62H,14-15,18-26,28-31H2,1-10H3;4H,1-3H2/b12-10+,16-11+,35-17+,39-29+;13-11?,16-12+,33-17?,37-27+;/t34-,36-,37-,38-,40-,41+,42+,43+,44?,46-,47+,48-,50-,51+,55-;32-,34-,35-,36-,38-,39+,40+,41+,43-,44+,45+,46-,48-,49+,53-;/m11./s1. The molecule has 148 heavy (non-hydrogen) atoms. The van der Waals surface area contributed by atoms with Crippen LogP contribution in [0.25, 0.3) is 0 Å². The molecule has 37 heteroatoms. The number of aliphatic hydroxyl groups excluding tert-OH is 4. The highest BCUT2D eigenvalue weighted by atomic mass is 32.2. The van der Waals surface area contributed by atoms with E-state index in [0.717, 1.165) is 29.7 Å². The molecule has 0 radical (unpaired) electrons. The van der Waals surface area contributed by atoms with E-state index in [-0.39, 0.29) is 167 Å². The molecule has 8 heterocycles. The largest absolute Gasteiger partial charge is 0.460 e. The summed E-state index contributed by atoms with van der Waals surface area (Å²) in [6.07, 6.45) is 24.2. The number of ether oxygens (including phenoxy) is 11. The number of fused-ring (bicyclic) bond motifs is 6. The number of esters is 2. The van der Waals surface area contributed by atoms with E-state index < -0.39 is 176 Å². The summed E-state index contributed by atoms with van der Waals surface area (Å²) in [4.78, 5) is 145. The van der Waals surface area contributed by atoms with Crippen LogP contribution >= 0.6 is 0 Å². The maximum atomic E-state index is 14.6. The topological polar surface area (TPSA) is 484 Å². The maximum absolute atomic E-state index is 14.6. The molecule has 0 aromatic rings. The molecule has 2 amide bonds. The van der Waals surface area contributed by atoms with Gasteiger partial charge in [-0.05, 0) is 228 Å². The Morgan fingerprint density at radius 3 is 1.25 bits per heavy atom. The first-order chi connectivity index (χ1) is 70.1. The van der Waals surface area contributed by atoms with E-state index in [2.05, 4.69) is 4.72 Å². The number of carbonyl (C=O) groups is 10. The number of ketones is 6. The molecule has 7 N–H and O–H groups in total. The average molecular weight is 2130 g/mol. The first-order valence-corrected chi connectivity index (χ1v) is 57.2. The minimum absolute atomic E-state index is 0.0130. The maximum Gasteiger partial charge on any atom is 0.329 e. The van der Waals surface area contributed by atoms with Gasteiger partial charge in [-0.25, -0.2) is 31.1 Å². The number of hydrogen-bond acceptors (Lipinski definition) is 31. The van der Waals surface area contributed by atoms with Crippen LogP contribution in [-0.2, 0) is 120 Å². The van der Waals surface area contributed by atoms with Crippen LogP contribution in [0.3, 0.4) is 0 Å². The second-order valence-electron chi connectivity index (χ2n) is 43.5. The minimum Gasteiger partial charge on any atom is -0.460 e. The van der Waals surface area contributed by atoms with Gasteiger partial charge in [-0.15, -0.1) is 0 Å². The Morgan fingerprint density at radius 1 is 0.453 bits per heavy atom. The molecule has 8 aliphatic heterocycles. The molecule has 0 aromatic carbocycles. The van der Waals surface area contributed by atoms with Crippen molar-refractivity contribution in [3.8, 4) is 0 Å². The number of amides is 2. The normalized spacial score (nSPS) is 38.2. The SMILES string of the molecule is CO[C@@H]1C[C@H](C[C@@H](C)[C@@H]2CC(=O)[C@H](C)/C=C(\C)[C@@H](O)[C@@H](OC)C(=O)[C@H](C)C[C@H](C)/C=C/C=C/C=C(\C)C(N3CCCS3(=O)=O)C[C@@H]3CC[C@@H](C)[C@@](O)(O3)C(=O)C(=O)N3CCCC[C@H]3C(=O)O2)CC[C@H]1OCCO.CO[C@H]1C[C@@H]2CC[C@@H](C)[C@@](O)(O2)C(=O)C(=O)N2CCCC[C@H]2C(=O)O[C@H]([C@H](C)C[C@@H]2CC[C@@H](OCCO)[C@H](OC)C2)CC(=O)[C@H](C)/C=C(\C)[C@@H](O)[C@@H](OC)C(=O)[C@H](C)C[C@H](C)/C=C/C=CC=C1C.O=S1(=O)CCCN1. The Kier molecular flexibility index (Phi) is 51.3. The van der Waals surface area contributed by atoms with Gasteiger partial charge in [-0.1, -0.05) is 148 Å². The molecule has 0 spiro atoms. The number of sulfonamides is 2. The molecule has 838 valence electrons. The van der Waals surface area contributed by atoms with Crippen molar-refractivity contribution in [3.63, 3.8) is 0 Å². The number of allylic oxidation sites excluding steroid dienone is 12. The van der Waals surface area contributed by atoms with Crippen LogP contribution in [0.2, 0.25) is 0 Å². The fourth-order valence-corrected chi connectivity index (χ4v) is 25.5. The molecule has 6 saturated heterocycles. The zero-order valence-corrected chi connectivity index (χ0v) is 92.7. The smallest absolute Gasteiger partial charge is 0.329 e. The van der Waals surface area contributed by atoms with Crippen LogP contribution in [0.1, 0.15) is 264 Å². The molecule has 35 nitrogen and oxygen atoms in total. The summed E-state index contributed by atoms with van der Waals surface area (Å²) in [5, 5.41) is 65.9. The van der Waals surface area contributed by atoms with Crippen LogP contribution in [0.15, 0.2) is 95.2 Å². The lowest BCUT2D eigenvalue weighted by Crippen LogP contribution is -2.61. The van der Waals surface area contributed by atoms with Gasteiger partial charge >= 0.3 is 11.9 Å². The number of nitrogens with zero attached hydrogens (tertiary/aromatic N) is 3. The minimum atomic E-state index is -3.63. The summed E-state index contributed by atoms with van der Waals surface area (Å²) in [6.45, 7) is 26.3. The van der Waals surface area contributed by atoms with Gasteiger partial charge in [-0.3, -0.25) is 38.4 Å². The second kappa shape index (κ2) is 60.2. The van der Waals surface area contributed by atoms with E-state index in [1.165, 1.54) is 23.4 Å². The number of nitrogens with one attached hydrogen (secondary N) is 1. The zero-order chi connectivity index (χ0) is 109. The van der Waals surface area contributed by atoms with Crippen molar-refractivity contribution in [2.75, 3.05) is 99.7 Å². The van der Waals surface area contributed by atoms with E-state index in [1.807, 2.05) is 103 Å². The van der Waals surface area contributed by atoms with Crippen LogP contribution < -0.4 is 4.72 Å². The summed E-state index contributed by atoms with van der Waals surface area (Å²) >= 11 is 0. The first kappa shape index (κ1) is 126. The number of aliphatic hydroxyl groups is 6. The Balaban J connectivity index is 0.000000338. The molecule has 10 rings (SSSR count). The van der Waals surface area contributed by atoms with E-state index in [1.54, 1.807) is 88.0 Å². The fraction of sp³-hybridized carbons (Fsp3) is 0.766. The van der Waals surface area contributed by atoms with Crippen molar-refractivity contribution in [1.29, 1.82) is 0 Å². The molecule has 10 aliphatic rings. The summed E-state index contributed by atoms with van der Waals surface area (Å²) < 4.78 is 117. The second-order valence-corrected chi connectivity index (χ2v) is 47.4. The quantitative estimate of drug-likeness (QED) is 0.0381. The van der Waals surface area contributed by atoms with Gasteiger partial charge in [0.05, 0.1) is 80.7 Å². The number of methoxy groups -OCH3 is 5. The summed E-state index contributed by atoms with van der Waals surface area (Å²) in [5.74, 6) is -16.3. The molecule has 0 aromatic heterocycles. The van der Waals surface area contributed by atoms with Crippen molar-refractivity contribution in [2.24, 2.45) is 71.0 Å². The molecule has 8 fully saturated rings. The highest BCUT2D eigenvalue weighted by Crippen LogP contribution is 2.43. The van der Waals surface area contributed by atoms with E-state index >= 15 is 0 Å². The molecule has 2 aliphatic carbocycles. The van der Waals surface area contributed by atoms with Crippen LogP contribution in [0.5, 0.6) is 0 Å². The molecule has 4 bridgehead atoms. The fourth-order valence-electron chi connectivity index (χ4n) is 22.6. The first-order valence-electron chi connectivity index (χ1n) is 53.9. The van der Waals surface area contributed by atoms with Gasteiger partial charge in [-0.2, -0.15) is 4.31 Å². The van der Waals surface area contributed by atoms with Gasteiger partial charge < -0.3 is 92.5 Å². The van der Waals surface area contributed by atoms with E-state index in [4.69, 9.17) is 52.1 Å². The lowest BCUT2D eigenvalue weighted by Gasteiger charge is -2.43. The van der Waals surface area contributed by atoms with Gasteiger partial charge in [0.15, 0.2) is 11.6 Å². The molecule has 1 unspecified atom stereocenters. The van der Waals surface area contributed by atoms with E-state index in [9.17, 15) is 95.4 Å². The number of cyclic esters (lactones) is 2. The van der Waals surface area contributed by atoms with Gasteiger partial charge in [0.2, 0.25) is 31.6 Å². The predicted octanol–water partition coefficient (Wildman–Crippen LogP) is 11.1. The molecule has 2 saturated carbocycles. The average Bonchev–Trinajstić information content (AvgIpc) is 1.05. The van der Waals surface area contributed by atoms with Crippen molar-refractivity contribution >= 4 is 78.5 Å². The monoisotopic (exact) mass is 2130 g/mol. The number of carbonyl (C=O) groups excluding carboxylic acids is 10. The lowest BCUT2D eigenvalue weighted by molar-refractivity contribution is -0.265. The van der Waals surface area contributed by atoms with E-state index in [0.29, 0.717) is 145 Å². The third-order valence-electron chi connectivity index (χ3n) is 31.9. The van der Waals surface area contributed by atoms with Gasteiger partial charge in [0.25, 0.3) is 23.4 Å². The highest BCUT2D eigenvalue weighted by molar-refractivity contribution is 7.89. The molecule has 30 atom stereocenters. The number of rotatable bonds is 18. The Hall–Kier alpha value is -6.96. The zero-order valence-electron chi connectivity index (χ0n) is 91.1. The number of hydrogen-bond donors (Lipinski definition) is 7. The van der Waals surface area contributed by atoms with Crippen LogP contribution in [0.4, 0.5) is 0 Å². The molecular formula is C111H176N4O31S2. The highest BCUT2D eigenvalue weighted by Gasteiger charge is 2.56. The van der Waals surface area contributed by atoms with Crippen LogP contribution in [-0.4, -0.2) is 329 Å². The lowest BCUT2D eigenvalue weighted by atomic mass is 9.78. The third-order valence-corrected chi connectivity index (χ3v) is 35.3. The Morgan fingerprint density at radius 2 is 0.878 bits per heavy atom.